The van der Waals surface area contributed by atoms with Crippen molar-refractivity contribution in [1.82, 2.24) is 14.3 Å². The quantitative estimate of drug-likeness (QED) is 0.459. The maximum Gasteiger partial charge on any atom is 0.316 e. The first-order chi connectivity index (χ1) is 15.3. The van der Waals surface area contributed by atoms with Crippen LogP contribution in [-0.4, -0.2) is 43.0 Å². The highest BCUT2D eigenvalue weighted by Gasteiger charge is 2.26. The van der Waals surface area contributed by atoms with E-state index in [4.69, 9.17) is 14.2 Å². The highest BCUT2D eigenvalue weighted by molar-refractivity contribution is 7.89. The van der Waals surface area contributed by atoms with Gasteiger partial charge in [0, 0.05) is 13.1 Å². The van der Waals surface area contributed by atoms with Gasteiger partial charge < -0.3 is 14.2 Å². The molecule has 0 saturated heterocycles. The second kappa shape index (κ2) is 10.4. The number of hydrogen-bond donors (Lipinski definition) is 0. The van der Waals surface area contributed by atoms with Gasteiger partial charge >= 0.3 is 6.01 Å². The molecule has 0 aliphatic heterocycles. The Labute approximate surface area is 188 Å². The topological polar surface area (TPSA) is 90.9 Å². The third-order valence-electron chi connectivity index (χ3n) is 4.62. The van der Waals surface area contributed by atoms with Gasteiger partial charge in [0.25, 0.3) is 0 Å². The molecule has 0 aliphatic carbocycles. The SMILES string of the molecule is COc1ccc(CN(Cc2ccc(OC)cc2)S(=O)(=O)c2cnc(OC(C)C)nc2)cc1. The van der Waals surface area contributed by atoms with Crippen LogP contribution in [0, 0.1) is 0 Å². The second-order valence-corrected chi connectivity index (χ2v) is 9.28. The van der Waals surface area contributed by atoms with Gasteiger partial charge in [0.05, 0.1) is 32.7 Å². The summed E-state index contributed by atoms with van der Waals surface area (Å²) >= 11 is 0. The molecule has 3 aromatic rings. The third kappa shape index (κ3) is 5.95. The van der Waals surface area contributed by atoms with Crippen LogP contribution in [0.2, 0.25) is 0 Å². The largest absolute Gasteiger partial charge is 0.497 e. The lowest BCUT2D eigenvalue weighted by Gasteiger charge is -2.22. The first-order valence-electron chi connectivity index (χ1n) is 10.1. The molecule has 170 valence electrons. The first kappa shape index (κ1) is 23.5. The third-order valence-corrected chi connectivity index (χ3v) is 6.36. The zero-order valence-electron chi connectivity index (χ0n) is 18.6. The smallest absolute Gasteiger partial charge is 0.316 e. The van der Waals surface area contributed by atoms with Crippen LogP contribution in [0.4, 0.5) is 0 Å². The number of hydrogen-bond acceptors (Lipinski definition) is 7. The summed E-state index contributed by atoms with van der Waals surface area (Å²) < 4.78 is 44.2. The van der Waals surface area contributed by atoms with Gasteiger partial charge in [-0.05, 0) is 49.2 Å². The number of nitrogens with zero attached hydrogens (tertiary/aromatic N) is 3. The molecule has 32 heavy (non-hydrogen) atoms. The van der Waals surface area contributed by atoms with Crippen molar-refractivity contribution in [1.29, 1.82) is 0 Å². The van der Waals surface area contributed by atoms with Gasteiger partial charge in [-0.3, -0.25) is 0 Å². The van der Waals surface area contributed by atoms with Gasteiger partial charge in [-0.2, -0.15) is 4.31 Å². The molecule has 0 atom stereocenters. The number of sulfonamides is 1. The summed E-state index contributed by atoms with van der Waals surface area (Å²) in [4.78, 5) is 8.11. The Bertz CT molecular complexity index is 1050. The van der Waals surface area contributed by atoms with Crippen LogP contribution in [-0.2, 0) is 23.1 Å². The molecule has 9 heteroatoms. The lowest BCUT2D eigenvalue weighted by molar-refractivity contribution is 0.221. The normalized spacial score (nSPS) is 11.6. The van der Waals surface area contributed by atoms with Gasteiger partial charge in [0.1, 0.15) is 16.4 Å². The molecule has 3 rings (SSSR count). The molecule has 0 radical (unpaired) electrons. The Morgan fingerprint density at radius 1 is 0.812 bits per heavy atom. The fourth-order valence-corrected chi connectivity index (χ4v) is 4.26. The number of benzene rings is 2. The average molecular weight is 458 g/mol. The van der Waals surface area contributed by atoms with Gasteiger partial charge in [0.2, 0.25) is 10.0 Å². The van der Waals surface area contributed by atoms with Crippen LogP contribution in [0.5, 0.6) is 17.5 Å². The molecule has 1 heterocycles. The molecule has 0 fully saturated rings. The molecule has 0 aliphatic rings. The van der Waals surface area contributed by atoms with Crippen LogP contribution in [0.1, 0.15) is 25.0 Å². The first-order valence-corrected chi connectivity index (χ1v) is 11.5. The molecule has 0 amide bonds. The molecule has 0 spiro atoms. The van der Waals surface area contributed by atoms with E-state index in [0.29, 0.717) is 11.5 Å². The molecule has 2 aromatic carbocycles. The summed E-state index contributed by atoms with van der Waals surface area (Å²) in [6.45, 7) is 4.03. The Hall–Kier alpha value is -3.17. The maximum atomic E-state index is 13.5. The molecule has 1 aromatic heterocycles. The summed E-state index contributed by atoms with van der Waals surface area (Å²) in [5, 5.41) is 0. The molecule has 8 nitrogen and oxygen atoms in total. The predicted octanol–water partition coefficient (Wildman–Crippen LogP) is 3.67. The number of ether oxygens (including phenoxy) is 3. The second-order valence-electron chi connectivity index (χ2n) is 7.34. The molecule has 0 saturated carbocycles. The Balaban J connectivity index is 1.91. The van der Waals surface area contributed by atoms with E-state index in [9.17, 15) is 8.42 Å². The fraction of sp³-hybridized carbons (Fsp3) is 0.304. The van der Waals surface area contributed by atoms with Crippen molar-refractivity contribution in [2.24, 2.45) is 0 Å². The van der Waals surface area contributed by atoms with Crippen molar-refractivity contribution < 1.29 is 22.6 Å². The van der Waals surface area contributed by atoms with Gasteiger partial charge in [-0.15, -0.1) is 0 Å². The van der Waals surface area contributed by atoms with Crippen LogP contribution in [0.3, 0.4) is 0 Å². The average Bonchev–Trinajstić information content (AvgIpc) is 2.79. The van der Waals surface area contributed by atoms with E-state index < -0.39 is 10.0 Å². The maximum absolute atomic E-state index is 13.5. The summed E-state index contributed by atoms with van der Waals surface area (Å²) in [7, 11) is -0.713. The molecular weight excluding hydrogens is 430 g/mol. The molecular formula is C23H27N3O5S. The van der Waals surface area contributed by atoms with E-state index >= 15 is 0 Å². The molecule has 0 N–H and O–H groups in total. The van der Waals surface area contributed by atoms with E-state index in [0.717, 1.165) is 11.1 Å². The van der Waals surface area contributed by atoms with Crippen LogP contribution >= 0.6 is 0 Å². The van der Waals surface area contributed by atoms with Gasteiger partial charge in [-0.25, -0.2) is 18.4 Å². The monoisotopic (exact) mass is 457 g/mol. The van der Waals surface area contributed by atoms with Crippen molar-refractivity contribution in [3.8, 4) is 17.5 Å². The minimum absolute atomic E-state index is 0.00405. The number of aromatic nitrogens is 2. The predicted molar refractivity (Wildman–Crippen MR) is 120 cm³/mol. The highest BCUT2D eigenvalue weighted by atomic mass is 32.2. The summed E-state index contributed by atoms with van der Waals surface area (Å²) in [6, 6.07) is 14.7. The Morgan fingerprint density at radius 3 is 1.62 bits per heavy atom. The minimum atomic E-state index is -3.88. The summed E-state index contributed by atoms with van der Waals surface area (Å²) in [6.07, 6.45) is 2.43. The lowest BCUT2D eigenvalue weighted by Crippen LogP contribution is -2.30. The van der Waals surface area contributed by atoms with Crippen molar-refractivity contribution in [2.45, 2.75) is 37.9 Å². The van der Waals surface area contributed by atoms with Gasteiger partial charge in [-0.1, -0.05) is 24.3 Å². The van der Waals surface area contributed by atoms with Gasteiger partial charge in [0.15, 0.2) is 0 Å². The van der Waals surface area contributed by atoms with Crippen molar-refractivity contribution in [3.05, 3.63) is 72.1 Å². The van der Waals surface area contributed by atoms with E-state index in [1.54, 1.807) is 38.5 Å². The molecule has 0 unspecified atom stereocenters. The molecule has 0 bridgehead atoms. The van der Waals surface area contributed by atoms with Crippen LogP contribution < -0.4 is 14.2 Å². The number of methoxy groups -OCH3 is 2. The summed E-state index contributed by atoms with van der Waals surface area (Å²) in [5.41, 5.74) is 1.65. The zero-order valence-corrected chi connectivity index (χ0v) is 19.4. The minimum Gasteiger partial charge on any atom is -0.497 e. The fourth-order valence-electron chi connectivity index (χ4n) is 2.95. The zero-order chi connectivity index (χ0) is 23.1. The van der Waals surface area contributed by atoms with Crippen molar-refractivity contribution in [3.63, 3.8) is 0 Å². The Kier molecular flexibility index (Phi) is 7.66. The standard InChI is InChI=1S/C23H27N3O5S/c1-17(2)31-23-24-13-22(14-25-23)32(27,28)26(15-18-5-9-20(29-3)10-6-18)16-19-7-11-21(30-4)12-8-19/h5-14,17H,15-16H2,1-4H3. The van der Waals surface area contributed by atoms with Crippen molar-refractivity contribution in [2.75, 3.05) is 14.2 Å². The van der Waals surface area contributed by atoms with E-state index in [1.807, 2.05) is 38.1 Å². The lowest BCUT2D eigenvalue weighted by atomic mass is 10.2. The summed E-state index contributed by atoms with van der Waals surface area (Å²) in [5.74, 6) is 1.40. The number of rotatable bonds is 10. The van der Waals surface area contributed by atoms with Crippen LogP contribution in [0.15, 0.2) is 65.8 Å². The Morgan fingerprint density at radius 2 is 1.25 bits per heavy atom. The van der Waals surface area contributed by atoms with Crippen molar-refractivity contribution >= 4 is 10.0 Å². The van der Waals surface area contributed by atoms with E-state index in [1.165, 1.54) is 16.7 Å². The van der Waals surface area contributed by atoms with E-state index in [2.05, 4.69) is 9.97 Å². The highest BCUT2D eigenvalue weighted by Crippen LogP contribution is 2.23. The van der Waals surface area contributed by atoms with Crippen LogP contribution in [0.25, 0.3) is 0 Å². The van der Waals surface area contributed by atoms with E-state index in [-0.39, 0.29) is 30.1 Å².